The summed E-state index contributed by atoms with van der Waals surface area (Å²) in [6.45, 7) is 6.24. The molecule has 25 heavy (non-hydrogen) atoms. The number of hydrogen-bond acceptors (Lipinski definition) is 5. The third-order valence-electron chi connectivity index (χ3n) is 4.55. The van der Waals surface area contributed by atoms with Crippen molar-refractivity contribution in [2.45, 2.75) is 26.5 Å². The molecule has 3 heterocycles. The average molecular weight is 340 g/mol. The van der Waals surface area contributed by atoms with Gasteiger partial charge in [-0.05, 0) is 26.0 Å². The molecule has 1 aliphatic rings. The molecule has 0 aliphatic carbocycles. The highest BCUT2D eigenvalue weighted by molar-refractivity contribution is 6.04. The number of benzene rings is 1. The van der Waals surface area contributed by atoms with Gasteiger partial charge in [0.1, 0.15) is 12.4 Å². The predicted molar refractivity (Wildman–Crippen MR) is 91.1 cm³/mol. The van der Waals surface area contributed by atoms with E-state index >= 15 is 0 Å². The molecule has 130 valence electrons. The summed E-state index contributed by atoms with van der Waals surface area (Å²) < 4.78 is 7.76. The Labute approximate surface area is 144 Å². The van der Waals surface area contributed by atoms with Crippen LogP contribution in [0.2, 0.25) is 0 Å². The summed E-state index contributed by atoms with van der Waals surface area (Å²) in [7, 11) is 0. The van der Waals surface area contributed by atoms with Gasteiger partial charge in [-0.3, -0.25) is 9.89 Å². The molecule has 0 spiro atoms. The van der Waals surface area contributed by atoms with Gasteiger partial charge in [-0.25, -0.2) is 0 Å². The molecule has 3 aromatic rings. The van der Waals surface area contributed by atoms with E-state index in [0.29, 0.717) is 25.4 Å². The Morgan fingerprint density at radius 2 is 2.32 bits per heavy atom. The highest BCUT2D eigenvalue weighted by Gasteiger charge is 2.30. The highest BCUT2D eigenvalue weighted by Crippen LogP contribution is 2.24. The van der Waals surface area contributed by atoms with Gasteiger partial charge in [0.25, 0.3) is 5.91 Å². The van der Waals surface area contributed by atoms with Crippen molar-refractivity contribution in [3.05, 3.63) is 41.6 Å². The van der Waals surface area contributed by atoms with Gasteiger partial charge in [0.2, 0.25) is 0 Å². The van der Waals surface area contributed by atoms with Crippen molar-refractivity contribution in [2.75, 3.05) is 19.7 Å². The molecule has 0 radical (unpaired) electrons. The number of carbonyl (C=O) groups excluding carboxylic acids is 1. The van der Waals surface area contributed by atoms with Gasteiger partial charge in [-0.1, -0.05) is 11.6 Å². The zero-order chi connectivity index (χ0) is 17.4. The highest BCUT2D eigenvalue weighted by atomic mass is 16.5. The van der Waals surface area contributed by atoms with Gasteiger partial charge in [0, 0.05) is 18.5 Å². The molecule has 1 fully saturated rings. The van der Waals surface area contributed by atoms with Gasteiger partial charge in [-0.15, -0.1) is 10.2 Å². The van der Waals surface area contributed by atoms with E-state index in [2.05, 4.69) is 20.4 Å². The molecule has 1 aliphatic heterocycles. The lowest BCUT2D eigenvalue weighted by molar-refractivity contribution is -0.0285. The van der Waals surface area contributed by atoms with Gasteiger partial charge in [-0.2, -0.15) is 5.10 Å². The quantitative estimate of drug-likeness (QED) is 0.784. The smallest absolute Gasteiger partial charge is 0.275 e. The first kappa shape index (κ1) is 15.8. The van der Waals surface area contributed by atoms with E-state index in [1.807, 2.05) is 36.6 Å². The van der Waals surface area contributed by atoms with Crippen molar-refractivity contribution in [1.82, 2.24) is 29.9 Å². The summed E-state index contributed by atoms with van der Waals surface area (Å²) in [5.41, 5.74) is 2.42. The van der Waals surface area contributed by atoms with E-state index in [1.165, 1.54) is 0 Å². The molecule has 4 rings (SSSR count). The number of hydrogen-bond donors (Lipinski definition) is 1. The Hall–Kier alpha value is -2.74. The lowest BCUT2D eigenvalue weighted by atomic mass is 10.1. The second-order valence-corrected chi connectivity index (χ2v) is 6.21. The third kappa shape index (κ3) is 2.78. The maximum absolute atomic E-state index is 13.0. The second-order valence-electron chi connectivity index (χ2n) is 6.21. The molecule has 1 aromatic carbocycles. The van der Waals surface area contributed by atoms with Crippen LogP contribution in [0.15, 0.2) is 24.5 Å². The van der Waals surface area contributed by atoms with Gasteiger partial charge >= 0.3 is 0 Å². The minimum absolute atomic E-state index is 0.0901. The van der Waals surface area contributed by atoms with E-state index in [1.54, 1.807) is 11.2 Å². The van der Waals surface area contributed by atoms with Crippen molar-refractivity contribution in [2.24, 2.45) is 0 Å². The van der Waals surface area contributed by atoms with Gasteiger partial charge in [0.15, 0.2) is 11.5 Å². The molecule has 2 aromatic heterocycles. The van der Waals surface area contributed by atoms with Crippen molar-refractivity contribution >= 4 is 16.8 Å². The Bertz CT molecular complexity index is 915. The van der Waals surface area contributed by atoms with Crippen LogP contribution in [0.4, 0.5) is 0 Å². The fourth-order valence-electron chi connectivity index (χ4n) is 3.19. The van der Waals surface area contributed by atoms with Crippen LogP contribution in [0.3, 0.4) is 0 Å². The Morgan fingerprint density at radius 3 is 3.16 bits per heavy atom. The van der Waals surface area contributed by atoms with Crippen LogP contribution in [0.1, 0.15) is 34.9 Å². The number of aromatic nitrogens is 5. The monoisotopic (exact) mass is 340 g/mol. The Balaban J connectivity index is 1.60. The number of H-pyrrole nitrogens is 1. The van der Waals surface area contributed by atoms with Gasteiger partial charge < -0.3 is 14.2 Å². The van der Waals surface area contributed by atoms with Crippen LogP contribution >= 0.6 is 0 Å². The summed E-state index contributed by atoms with van der Waals surface area (Å²) in [6, 6.07) is 5.93. The third-order valence-corrected chi connectivity index (χ3v) is 4.55. The maximum atomic E-state index is 13.0. The summed E-state index contributed by atoms with van der Waals surface area (Å²) in [4.78, 5) is 14.8. The Morgan fingerprint density at radius 1 is 1.44 bits per heavy atom. The molecule has 1 atom stereocenters. The predicted octanol–water partition coefficient (Wildman–Crippen LogP) is 1.70. The van der Waals surface area contributed by atoms with Crippen LogP contribution in [0.5, 0.6) is 0 Å². The number of carbonyl (C=O) groups is 1. The number of nitrogens with one attached hydrogen (secondary N) is 1. The standard InChI is InChI=1S/C17H20N6O2/c1-3-22-10-18-21-16(22)14-9-23(6-7-25-14)17(24)15-12-8-11(2)4-5-13(12)19-20-15/h4-5,8,10,14H,3,6-7,9H2,1-2H3,(H,19,20)/t14-/m0/s1. The second kappa shape index (κ2) is 6.29. The fraction of sp³-hybridized carbons (Fsp3) is 0.412. The van der Waals surface area contributed by atoms with Gasteiger partial charge in [0.05, 0.1) is 18.7 Å². The summed E-state index contributed by atoms with van der Waals surface area (Å²) >= 11 is 0. The van der Waals surface area contributed by atoms with E-state index in [0.717, 1.165) is 28.8 Å². The molecule has 0 unspecified atom stereocenters. The molecule has 1 N–H and O–H groups in total. The summed E-state index contributed by atoms with van der Waals surface area (Å²) in [5, 5.41) is 16.1. The molecule has 1 saturated heterocycles. The summed E-state index contributed by atoms with van der Waals surface area (Å²) in [6.07, 6.45) is 1.41. The maximum Gasteiger partial charge on any atom is 0.275 e. The first-order valence-corrected chi connectivity index (χ1v) is 8.40. The molecule has 1 amide bonds. The number of amides is 1. The SMILES string of the molecule is CCn1cnnc1[C@@H]1CN(C(=O)c2n[nH]c3ccc(C)cc23)CCO1. The normalized spacial score (nSPS) is 18.0. The zero-order valence-corrected chi connectivity index (χ0v) is 14.3. The van der Waals surface area contributed by atoms with Crippen molar-refractivity contribution in [3.63, 3.8) is 0 Å². The van der Waals surface area contributed by atoms with Crippen LogP contribution in [-0.2, 0) is 11.3 Å². The number of rotatable bonds is 3. The minimum Gasteiger partial charge on any atom is -0.366 e. The fourth-order valence-corrected chi connectivity index (χ4v) is 3.19. The van der Waals surface area contributed by atoms with Crippen LogP contribution < -0.4 is 0 Å². The van der Waals surface area contributed by atoms with E-state index in [9.17, 15) is 4.79 Å². The summed E-state index contributed by atoms with van der Waals surface area (Å²) in [5.74, 6) is 0.662. The molecule has 8 heteroatoms. The molecular weight excluding hydrogens is 320 g/mol. The first-order valence-electron chi connectivity index (χ1n) is 8.40. The molecule has 0 saturated carbocycles. The number of nitrogens with zero attached hydrogens (tertiary/aromatic N) is 5. The largest absolute Gasteiger partial charge is 0.366 e. The molecule has 8 nitrogen and oxygen atoms in total. The zero-order valence-electron chi connectivity index (χ0n) is 14.3. The molecule has 0 bridgehead atoms. The van der Waals surface area contributed by atoms with Crippen molar-refractivity contribution in [1.29, 1.82) is 0 Å². The number of aromatic amines is 1. The first-order chi connectivity index (χ1) is 12.2. The van der Waals surface area contributed by atoms with Crippen molar-refractivity contribution < 1.29 is 9.53 Å². The number of fused-ring (bicyclic) bond motifs is 1. The van der Waals surface area contributed by atoms with E-state index < -0.39 is 0 Å². The number of aryl methyl sites for hydroxylation is 2. The minimum atomic E-state index is -0.271. The topological polar surface area (TPSA) is 88.9 Å². The number of ether oxygens (including phenoxy) is 1. The van der Waals surface area contributed by atoms with Crippen LogP contribution in [-0.4, -0.2) is 55.5 Å². The Kier molecular flexibility index (Phi) is 3.96. The van der Waals surface area contributed by atoms with Crippen molar-refractivity contribution in [3.8, 4) is 0 Å². The van der Waals surface area contributed by atoms with Crippen LogP contribution in [0.25, 0.3) is 10.9 Å². The van der Waals surface area contributed by atoms with E-state index in [4.69, 9.17) is 4.74 Å². The number of morpholine rings is 1. The van der Waals surface area contributed by atoms with Crippen LogP contribution in [0, 0.1) is 6.92 Å². The van der Waals surface area contributed by atoms with E-state index in [-0.39, 0.29) is 12.0 Å². The average Bonchev–Trinajstić information content (AvgIpc) is 3.27. The molecular formula is C17H20N6O2. The lowest BCUT2D eigenvalue weighted by Gasteiger charge is -2.32. The lowest BCUT2D eigenvalue weighted by Crippen LogP contribution is -2.43.